The zero-order chi connectivity index (χ0) is 17.3. The van der Waals surface area contributed by atoms with Gasteiger partial charge >= 0.3 is 0 Å². The maximum Gasteiger partial charge on any atom is 0.224 e. The summed E-state index contributed by atoms with van der Waals surface area (Å²) in [4.78, 5) is 16.8. The molecule has 1 aromatic carbocycles. The highest BCUT2D eigenvalue weighted by Crippen LogP contribution is 2.26. The Morgan fingerprint density at radius 3 is 2.71 bits per heavy atom. The van der Waals surface area contributed by atoms with Gasteiger partial charge in [-0.3, -0.25) is 4.79 Å². The monoisotopic (exact) mass is 321 g/mol. The molecule has 0 fully saturated rings. The number of hydrogen-bond donors (Lipinski definition) is 1. The molecule has 0 radical (unpaired) electrons. The number of aryl methyl sites for hydroxylation is 2. The molecule has 4 nitrogen and oxygen atoms in total. The number of amides is 1. The van der Waals surface area contributed by atoms with E-state index in [4.69, 9.17) is 4.98 Å². The van der Waals surface area contributed by atoms with Gasteiger partial charge in [0, 0.05) is 30.1 Å². The fraction of sp³-hybridized carbons (Fsp3) is 0.300. The van der Waals surface area contributed by atoms with Crippen LogP contribution in [0.3, 0.4) is 0 Å². The van der Waals surface area contributed by atoms with Crippen molar-refractivity contribution in [1.82, 2.24) is 9.38 Å². The van der Waals surface area contributed by atoms with Crippen LogP contribution >= 0.6 is 0 Å². The number of hydrogen-bond acceptors (Lipinski definition) is 2. The van der Waals surface area contributed by atoms with Crippen LogP contribution in [-0.4, -0.2) is 15.3 Å². The number of carbonyl (C=O) groups is 1. The van der Waals surface area contributed by atoms with Crippen LogP contribution in [0.15, 0.2) is 42.7 Å². The number of aromatic nitrogens is 2. The molecule has 1 amide bonds. The van der Waals surface area contributed by atoms with Gasteiger partial charge in [0.25, 0.3) is 0 Å². The Labute approximate surface area is 142 Å². The molecule has 0 atom stereocenters. The normalized spacial score (nSPS) is 11.2. The maximum absolute atomic E-state index is 12.1. The summed E-state index contributed by atoms with van der Waals surface area (Å²) in [5, 5.41) is 3.02. The summed E-state index contributed by atoms with van der Waals surface area (Å²) in [6, 6.07) is 10.1. The van der Waals surface area contributed by atoms with E-state index in [2.05, 4.69) is 18.3 Å². The first-order chi connectivity index (χ1) is 11.4. The Bertz CT molecular complexity index is 893. The van der Waals surface area contributed by atoms with Crippen LogP contribution in [0.2, 0.25) is 0 Å². The molecule has 0 saturated heterocycles. The van der Waals surface area contributed by atoms with Gasteiger partial charge in [-0.1, -0.05) is 32.0 Å². The Morgan fingerprint density at radius 2 is 2.00 bits per heavy atom. The first-order valence-electron chi connectivity index (χ1n) is 8.29. The fourth-order valence-corrected chi connectivity index (χ4v) is 2.78. The smallest absolute Gasteiger partial charge is 0.224 e. The van der Waals surface area contributed by atoms with Crippen LogP contribution in [0.5, 0.6) is 0 Å². The lowest BCUT2D eigenvalue weighted by atomic mass is 10.1. The summed E-state index contributed by atoms with van der Waals surface area (Å²) in [6.45, 7) is 8.14. The number of rotatable bonds is 4. The topological polar surface area (TPSA) is 46.4 Å². The highest BCUT2D eigenvalue weighted by Gasteiger charge is 2.11. The quantitative estimate of drug-likeness (QED) is 0.763. The molecule has 2 heterocycles. The minimum Gasteiger partial charge on any atom is -0.326 e. The first-order valence-corrected chi connectivity index (χ1v) is 8.29. The van der Waals surface area contributed by atoms with E-state index in [0.717, 1.165) is 33.7 Å². The van der Waals surface area contributed by atoms with Crippen LogP contribution in [0, 0.1) is 19.8 Å². The summed E-state index contributed by atoms with van der Waals surface area (Å²) >= 11 is 0. The second-order valence-electron chi connectivity index (χ2n) is 6.72. The Hall–Kier alpha value is -2.62. The van der Waals surface area contributed by atoms with E-state index in [0.29, 0.717) is 12.3 Å². The summed E-state index contributed by atoms with van der Waals surface area (Å²) in [5.41, 5.74) is 5.91. The van der Waals surface area contributed by atoms with Gasteiger partial charge in [-0.2, -0.15) is 0 Å². The molecule has 0 saturated carbocycles. The van der Waals surface area contributed by atoms with Crippen LogP contribution in [0.25, 0.3) is 16.9 Å². The Kier molecular flexibility index (Phi) is 4.38. The van der Waals surface area contributed by atoms with E-state index >= 15 is 0 Å². The van der Waals surface area contributed by atoms with Gasteiger partial charge in [-0.25, -0.2) is 4.98 Å². The van der Waals surface area contributed by atoms with E-state index < -0.39 is 0 Å². The van der Waals surface area contributed by atoms with Crippen molar-refractivity contribution in [3.05, 3.63) is 53.9 Å². The zero-order valence-electron chi connectivity index (χ0n) is 14.6. The number of imidazole rings is 1. The molecule has 1 N–H and O–H groups in total. The molecule has 0 bridgehead atoms. The highest BCUT2D eigenvalue weighted by molar-refractivity contribution is 5.92. The van der Waals surface area contributed by atoms with Gasteiger partial charge < -0.3 is 9.72 Å². The minimum atomic E-state index is 0.0519. The molecule has 2 aromatic heterocycles. The predicted octanol–water partition coefficient (Wildman–Crippen LogP) is 4.60. The Morgan fingerprint density at radius 1 is 1.21 bits per heavy atom. The molecule has 0 spiro atoms. The van der Waals surface area contributed by atoms with Crippen LogP contribution in [-0.2, 0) is 4.79 Å². The van der Waals surface area contributed by atoms with Gasteiger partial charge in [0.15, 0.2) is 0 Å². The molecule has 0 aliphatic heterocycles. The van der Waals surface area contributed by atoms with E-state index in [9.17, 15) is 4.79 Å². The van der Waals surface area contributed by atoms with Crippen LogP contribution in [0.4, 0.5) is 5.69 Å². The lowest BCUT2D eigenvalue weighted by Gasteiger charge is -2.11. The lowest BCUT2D eigenvalue weighted by Crippen LogP contribution is -2.14. The predicted molar refractivity (Wildman–Crippen MR) is 98.2 cm³/mol. The molecule has 24 heavy (non-hydrogen) atoms. The average molecular weight is 321 g/mol. The second kappa shape index (κ2) is 6.48. The summed E-state index contributed by atoms with van der Waals surface area (Å²) in [6.07, 6.45) is 4.54. The molecule has 3 rings (SSSR count). The number of fused-ring (bicyclic) bond motifs is 1. The third kappa shape index (κ3) is 3.32. The van der Waals surface area contributed by atoms with Crippen molar-refractivity contribution in [3.63, 3.8) is 0 Å². The summed E-state index contributed by atoms with van der Waals surface area (Å²) in [5.74, 6) is 0.394. The van der Waals surface area contributed by atoms with Crippen molar-refractivity contribution in [1.29, 1.82) is 0 Å². The fourth-order valence-electron chi connectivity index (χ4n) is 2.78. The number of nitrogens with zero attached hydrogens (tertiary/aromatic N) is 2. The van der Waals surface area contributed by atoms with Crippen molar-refractivity contribution in [3.8, 4) is 11.3 Å². The first kappa shape index (κ1) is 16.2. The van der Waals surface area contributed by atoms with Gasteiger partial charge in [0.2, 0.25) is 5.91 Å². The number of anilines is 1. The maximum atomic E-state index is 12.1. The third-order valence-electron chi connectivity index (χ3n) is 4.08. The summed E-state index contributed by atoms with van der Waals surface area (Å²) < 4.78 is 2.03. The van der Waals surface area contributed by atoms with E-state index in [1.165, 1.54) is 0 Å². The van der Waals surface area contributed by atoms with Gasteiger partial charge in [-0.05, 0) is 43.0 Å². The van der Waals surface area contributed by atoms with Crippen LogP contribution < -0.4 is 5.32 Å². The van der Waals surface area contributed by atoms with E-state index in [-0.39, 0.29) is 5.91 Å². The third-order valence-corrected chi connectivity index (χ3v) is 4.08. The Balaban J connectivity index is 1.95. The van der Waals surface area contributed by atoms with Gasteiger partial charge in [-0.15, -0.1) is 0 Å². The number of pyridine rings is 1. The molecule has 0 unspecified atom stereocenters. The number of carbonyl (C=O) groups excluding carboxylic acids is 1. The summed E-state index contributed by atoms with van der Waals surface area (Å²) in [7, 11) is 0. The van der Waals surface area contributed by atoms with Gasteiger partial charge in [0.05, 0.1) is 5.69 Å². The molecule has 0 aliphatic rings. The van der Waals surface area contributed by atoms with Crippen LogP contribution in [0.1, 0.15) is 31.4 Å². The largest absolute Gasteiger partial charge is 0.326 e. The van der Waals surface area contributed by atoms with Crippen molar-refractivity contribution < 1.29 is 4.79 Å². The molecule has 4 heteroatoms. The SMILES string of the molecule is Cc1ccc(-c2cn3cccc(C)c3n2)cc1NC(=O)CC(C)C. The lowest BCUT2D eigenvalue weighted by molar-refractivity contribution is -0.116. The van der Waals surface area contributed by atoms with Crippen molar-refractivity contribution in [2.45, 2.75) is 34.1 Å². The molecule has 3 aromatic rings. The van der Waals surface area contributed by atoms with Crippen molar-refractivity contribution in [2.24, 2.45) is 5.92 Å². The average Bonchev–Trinajstić information content (AvgIpc) is 2.94. The molecular weight excluding hydrogens is 298 g/mol. The van der Waals surface area contributed by atoms with Gasteiger partial charge in [0.1, 0.15) is 5.65 Å². The number of nitrogens with one attached hydrogen (secondary N) is 1. The van der Waals surface area contributed by atoms with Crippen molar-refractivity contribution >= 4 is 17.2 Å². The molecular formula is C20H23N3O. The minimum absolute atomic E-state index is 0.0519. The van der Waals surface area contributed by atoms with E-state index in [1.807, 2.05) is 61.8 Å². The van der Waals surface area contributed by atoms with E-state index in [1.54, 1.807) is 0 Å². The standard InChI is InChI=1S/C20H23N3O/c1-13(2)10-19(24)21-17-11-16(8-7-14(17)3)18-12-23-9-5-6-15(4)20(23)22-18/h5-9,11-13H,10H2,1-4H3,(H,21,24). The zero-order valence-corrected chi connectivity index (χ0v) is 14.6. The molecule has 0 aliphatic carbocycles. The molecule has 124 valence electrons. The number of benzene rings is 1. The second-order valence-corrected chi connectivity index (χ2v) is 6.72. The van der Waals surface area contributed by atoms with Crippen molar-refractivity contribution in [2.75, 3.05) is 5.32 Å². The highest BCUT2D eigenvalue weighted by atomic mass is 16.1.